The van der Waals surface area contributed by atoms with E-state index in [1.165, 1.54) is 30.8 Å². The van der Waals surface area contributed by atoms with Crippen LogP contribution in [0.1, 0.15) is 45.7 Å². The van der Waals surface area contributed by atoms with Crippen LogP contribution in [0.15, 0.2) is 11.6 Å². The third-order valence-electron chi connectivity index (χ3n) is 3.91. The first-order chi connectivity index (χ1) is 10.2. The standard InChI is InChI=1S/C16H26N4S/c1-4-7-19(13-5-6-13)15-14(11-17-10-12(2)3)20-8-9-21-16(20)18-15/h8-9,12-13,17H,4-7,10-11H2,1-3H3. The van der Waals surface area contributed by atoms with Crippen LogP contribution in [0.3, 0.4) is 0 Å². The van der Waals surface area contributed by atoms with Crippen molar-refractivity contribution in [2.45, 2.75) is 52.6 Å². The maximum atomic E-state index is 4.92. The highest BCUT2D eigenvalue weighted by atomic mass is 32.1. The first kappa shape index (κ1) is 14.9. The van der Waals surface area contributed by atoms with E-state index in [4.69, 9.17) is 4.98 Å². The second kappa shape index (κ2) is 6.36. The van der Waals surface area contributed by atoms with Crippen LogP contribution in [0.5, 0.6) is 0 Å². The van der Waals surface area contributed by atoms with Crippen molar-refractivity contribution in [2.75, 3.05) is 18.0 Å². The van der Waals surface area contributed by atoms with Crippen molar-refractivity contribution in [3.05, 3.63) is 17.3 Å². The Kier molecular flexibility index (Phi) is 4.50. The third-order valence-corrected chi connectivity index (χ3v) is 4.67. The Morgan fingerprint density at radius 2 is 2.29 bits per heavy atom. The molecule has 116 valence electrons. The van der Waals surface area contributed by atoms with Gasteiger partial charge in [0.15, 0.2) is 10.8 Å². The van der Waals surface area contributed by atoms with Gasteiger partial charge in [-0.25, -0.2) is 4.98 Å². The van der Waals surface area contributed by atoms with Gasteiger partial charge < -0.3 is 10.2 Å². The summed E-state index contributed by atoms with van der Waals surface area (Å²) in [6.45, 7) is 9.82. The highest BCUT2D eigenvalue weighted by Crippen LogP contribution is 2.34. The number of hydrogen-bond donors (Lipinski definition) is 1. The second-order valence-electron chi connectivity index (χ2n) is 6.39. The Balaban J connectivity index is 1.86. The Bertz CT molecular complexity index is 582. The molecule has 2 aromatic rings. The quantitative estimate of drug-likeness (QED) is 0.810. The molecule has 0 amide bonds. The van der Waals surface area contributed by atoms with Gasteiger partial charge in [-0.15, -0.1) is 11.3 Å². The number of nitrogens with zero attached hydrogens (tertiary/aromatic N) is 3. The molecule has 1 aliphatic rings. The second-order valence-corrected chi connectivity index (χ2v) is 7.26. The number of nitrogens with one attached hydrogen (secondary N) is 1. The maximum Gasteiger partial charge on any atom is 0.195 e. The minimum absolute atomic E-state index is 0.675. The monoisotopic (exact) mass is 306 g/mol. The molecular weight excluding hydrogens is 280 g/mol. The van der Waals surface area contributed by atoms with E-state index >= 15 is 0 Å². The molecule has 4 nitrogen and oxygen atoms in total. The van der Waals surface area contributed by atoms with E-state index in [0.717, 1.165) is 30.6 Å². The van der Waals surface area contributed by atoms with E-state index in [-0.39, 0.29) is 0 Å². The Morgan fingerprint density at radius 3 is 2.95 bits per heavy atom. The van der Waals surface area contributed by atoms with Crippen molar-refractivity contribution in [3.63, 3.8) is 0 Å². The average molecular weight is 306 g/mol. The van der Waals surface area contributed by atoms with E-state index in [2.05, 4.69) is 47.0 Å². The minimum atomic E-state index is 0.675. The molecule has 0 aromatic carbocycles. The number of aromatic nitrogens is 2. The summed E-state index contributed by atoms with van der Waals surface area (Å²) in [5.41, 5.74) is 1.33. The number of imidazole rings is 1. The molecule has 0 saturated heterocycles. The molecule has 0 radical (unpaired) electrons. The molecular formula is C16H26N4S. The van der Waals surface area contributed by atoms with Gasteiger partial charge in [0.1, 0.15) is 0 Å². The lowest BCUT2D eigenvalue weighted by molar-refractivity contribution is 0.546. The van der Waals surface area contributed by atoms with Gasteiger partial charge in [0, 0.05) is 30.7 Å². The van der Waals surface area contributed by atoms with Gasteiger partial charge in [-0.1, -0.05) is 20.8 Å². The molecule has 0 spiro atoms. The Labute approximate surface area is 131 Å². The van der Waals surface area contributed by atoms with E-state index in [0.29, 0.717) is 5.92 Å². The van der Waals surface area contributed by atoms with Crippen molar-refractivity contribution >= 4 is 22.1 Å². The van der Waals surface area contributed by atoms with Crippen LogP contribution < -0.4 is 10.2 Å². The predicted molar refractivity (Wildman–Crippen MR) is 90.3 cm³/mol. The molecule has 0 bridgehead atoms. The Morgan fingerprint density at radius 1 is 1.48 bits per heavy atom. The summed E-state index contributed by atoms with van der Waals surface area (Å²) >= 11 is 1.73. The number of hydrogen-bond acceptors (Lipinski definition) is 4. The fourth-order valence-corrected chi connectivity index (χ4v) is 3.51. The molecule has 1 aliphatic carbocycles. The summed E-state index contributed by atoms with van der Waals surface area (Å²) < 4.78 is 2.26. The lowest BCUT2D eigenvalue weighted by Gasteiger charge is -2.23. The van der Waals surface area contributed by atoms with Crippen molar-refractivity contribution in [1.82, 2.24) is 14.7 Å². The number of rotatable bonds is 8. The molecule has 0 aliphatic heterocycles. The van der Waals surface area contributed by atoms with Crippen LogP contribution in [0.25, 0.3) is 4.96 Å². The molecule has 0 unspecified atom stereocenters. The smallest absolute Gasteiger partial charge is 0.195 e. The van der Waals surface area contributed by atoms with Crippen LogP contribution >= 0.6 is 11.3 Å². The van der Waals surface area contributed by atoms with Gasteiger partial charge in [0.05, 0.1) is 5.69 Å². The van der Waals surface area contributed by atoms with Crippen LogP contribution in [0.2, 0.25) is 0 Å². The molecule has 3 rings (SSSR count). The fourth-order valence-electron chi connectivity index (χ4n) is 2.78. The number of thiazole rings is 1. The summed E-state index contributed by atoms with van der Waals surface area (Å²) in [5, 5.41) is 5.71. The van der Waals surface area contributed by atoms with Crippen LogP contribution in [-0.2, 0) is 6.54 Å². The van der Waals surface area contributed by atoms with E-state index in [9.17, 15) is 0 Å². The molecule has 1 N–H and O–H groups in total. The normalized spacial score (nSPS) is 15.2. The van der Waals surface area contributed by atoms with Gasteiger partial charge in [-0.3, -0.25) is 4.40 Å². The SMILES string of the molecule is CCCN(c1nc2sccn2c1CNCC(C)C)C1CC1. The van der Waals surface area contributed by atoms with E-state index in [1.54, 1.807) is 11.3 Å². The number of anilines is 1. The third kappa shape index (κ3) is 3.24. The molecule has 2 heterocycles. The van der Waals surface area contributed by atoms with Gasteiger partial charge in [0.2, 0.25) is 0 Å². The van der Waals surface area contributed by atoms with Gasteiger partial charge in [-0.2, -0.15) is 0 Å². The van der Waals surface area contributed by atoms with E-state index < -0.39 is 0 Å². The zero-order chi connectivity index (χ0) is 14.8. The fraction of sp³-hybridized carbons (Fsp3) is 0.688. The first-order valence-corrected chi connectivity index (χ1v) is 9.00. The minimum Gasteiger partial charge on any atom is -0.352 e. The van der Waals surface area contributed by atoms with Crippen LogP contribution in [-0.4, -0.2) is 28.5 Å². The molecule has 0 atom stereocenters. The van der Waals surface area contributed by atoms with Crippen molar-refractivity contribution in [2.24, 2.45) is 5.92 Å². The van der Waals surface area contributed by atoms with Crippen LogP contribution in [0.4, 0.5) is 5.82 Å². The largest absolute Gasteiger partial charge is 0.352 e. The maximum absolute atomic E-state index is 4.92. The van der Waals surface area contributed by atoms with Crippen molar-refractivity contribution < 1.29 is 0 Å². The molecule has 2 aromatic heterocycles. The van der Waals surface area contributed by atoms with Crippen LogP contribution in [0, 0.1) is 5.92 Å². The summed E-state index contributed by atoms with van der Waals surface area (Å²) in [7, 11) is 0. The highest BCUT2D eigenvalue weighted by Gasteiger charge is 2.32. The summed E-state index contributed by atoms with van der Waals surface area (Å²) in [4.78, 5) is 8.57. The first-order valence-electron chi connectivity index (χ1n) is 8.12. The van der Waals surface area contributed by atoms with Crippen molar-refractivity contribution in [1.29, 1.82) is 0 Å². The summed E-state index contributed by atoms with van der Waals surface area (Å²) in [6.07, 6.45) is 5.98. The zero-order valence-electron chi connectivity index (χ0n) is 13.3. The summed E-state index contributed by atoms with van der Waals surface area (Å²) in [5.74, 6) is 1.89. The predicted octanol–water partition coefficient (Wildman–Crippen LogP) is 3.52. The molecule has 1 saturated carbocycles. The molecule has 5 heteroatoms. The lowest BCUT2D eigenvalue weighted by atomic mass is 10.2. The summed E-state index contributed by atoms with van der Waals surface area (Å²) in [6, 6.07) is 0.721. The highest BCUT2D eigenvalue weighted by molar-refractivity contribution is 7.15. The van der Waals surface area contributed by atoms with Gasteiger partial charge >= 0.3 is 0 Å². The van der Waals surface area contributed by atoms with Gasteiger partial charge in [-0.05, 0) is 31.7 Å². The Hall–Kier alpha value is -1.07. The topological polar surface area (TPSA) is 32.6 Å². The molecule has 1 fully saturated rings. The van der Waals surface area contributed by atoms with E-state index in [1.807, 2.05) is 0 Å². The van der Waals surface area contributed by atoms with Crippen molar-refractivity contribution in [3.8, 4) is 0 Å². The molecule has 21 heavy (non-hydrogen) atoms. The zero-order valence-corrected chi connectivity index (χ0v) is 14.1. The lowest BCUT2D eigenvalue weighted by Crippen LogP contribution is -2.29. The number of fused-ring (bicyclic) bond motifs is 1. The van der Waals surface area contributed by atoms with Gasteiger partial charge in [0.25, 0.3) is 0 Å². The average Bonchev–Trinajstić information content (AvgIpc) is 3.08.